The first-order chi connectivity index (χ1) is 21.3. The Morgan fingerprint density at radius 3 is 2.48 bits per heavy atom. The molecule has 2 aromatic heterocycles. The van der Waals surface area contributed by atoms with Crippen molar-refractivity contribution in [3.05, 3.63) is 60.2 Å². The van der Waals surface area contributed by atoms with Gasteiger partial charge < -0.3 is 39.1 Å². The smallest absolute Gasteiger partial charge is 0.229 e. The second-order valence-electron chi connectivity index (χ2n) is 11.6. The summed E-state index contributed by atoms with van der Waals surface area (Å²) < 4.78 is 17.3. The molecule has 4 aromatic rings. The lowest BCUT2D eigenvalue weighted by atomic mass is 10.1. The van der Waals surface area contributed by atoms with Gasteiger partial charge in [-0.15, -0.1) is 0 Å². The molecule has 2 aromatic carbocycles. The van der Waals surface area contributed by atoms with E-state index in [4.69, 9.17) is 29.2 Å². The number of anilines is 3. The average molecular weight is 601 g/mol. The fraction of sp³-hybridized carbons (Fsp3) is 0.424. The molecule has 11 heteroatoms. The Kier molecular flexibility index (Phi) is 8.69. The summed E-state index contributed by atoms with van der Waals surface area (Å²) in [7, 11) is 3.53. The number of aromatic nitrogens is 3. The highest BCUT2D eigenvalue weighted by atomic mass is 16.5. The second kappa shape index (κ2) is 12.8. The third kappa shape index (κ3) is 6.35. The minimum absolute atomic E-state index is 0.0741. The summed E-state index contributed by atoms with van der Waals surface area (Å²) in [4.78, 5) is 21.5. The monoisotopic (exact) mass is 600 g/mol. The zero-order valence-electron chi connectivity index (χ0n) is 25.7. The summed E-state index contributed by atoms with van der Waals surface area (Å²) in [5.41, 5.74) is 3.73. The molecular weight excluding hydrogens is 560 g/mol. The van der Waals surface area contributed by atoms with Gasteiger partial charge in [-0.2, -0.15) is 9.97 Å². The minimum atomic E-state index is -0.807. The van der Waals surface area contributed by atoms with Gasteiger partial charge in [0.1, 0.15) is 17.3 Å². The van der Waals surface area contributed by atoms with E-state index in [0.717, 1.165) is 41.2 Å². The van der Waals surface area contributed by atoms with Crippen LogP contribution >= 0.6 is 0 Å². The van der Waals surface area contributed by atoms with E-state index in [1.54, 1.807) is 31.4 Å². The molecule has 0 bridgehead atoms. The lowest BCUT2D eigenvalue weighted by molar-refractivity contribution is -0.00570. The average Bonchev–Trinajstić information content (AvgIpc) is 3.03. The molecule has 44 heavy (non-hydrogen) atoms. The van der Waals surface area contributed by atoms with E-state index in [9.17, 15) is 10.2 Å². The third-order valence-corrected chi connectivity index (χ3v) is 8.13. The van der Waals surface area contributed by atoms with Crippen molar-refractivity contribution in [1.82, 2.24) is 15.0 Å². The van der Waals surface area contributed by atoms with Crippen LogP contribution in [0.4, 0.5) is 17.5 Å². The van der Waals surface area contributed by atoms with Gasteiger partial charge >= 0.3 is 0 Å². The molecule has 2 aliphatic rings. The predicted octanol–water partition coefficient (Wildman–Crippen LogP) is 4.03. The molecule has 0 radical (unpaired) electrons. The molecular formula is C33H40N6O5. The van der Waals surface area contributed by atoms with Crippen LogP contribution in [0.3, 0.4) is 0 Å². The highest BCUT2D eigenvalue weighted by Crippen LogP contribution is 2.35. The Hall–Kier alpha value is -4.19. The number of hydrogen-bond donors (Lipinski definition) is 2. The van der Waals surface area contributed by atoms with Crippen LogP contribution in [-0.4, -0.2) is 97.5 Å². The molecule has 2 N–H and O–H groups in total. The van der Waals surface area contributed by atoms with Crippen molar-refractivity contribution in [3.63, 3.8) is 0 Å². The van der Waals surface area contributed by atoms with Crippen LogP contribution in [0.5, 0.6) is 11.5 Å². The number of pyridine rings is 1. The maximum atomic E-state index is 10.9. The minimum Gasteiger partial charge on any atom is -0.508 e. The first-order valence-corrected chi connectivity index (χ1v) is 15.1. The topological polar surface area (TPSA) is 117 Å². The molecule has 3 unspecified atom stereocenters. The summed E-state index contributed by atoms with van der Waals surface area (Å²) in [6, 6.07) is 16.6. The highest BCUT2D eigenvalue weighted by Gasteiger charge is 2.27. The number of aromatic hydroxyl groups is 1. The number of aliphatic hydroxyl groups excluding tert-OH is 1. The van der Waals surface area contributed by atoms with E-state index in [-0.39, 0.29) is 18.0 Å². The number of rotatable bonds is 8. The maximum absolute atomic E-state index is 10.9. The molecule has 232 valence electrons. The van der Waals surface area contributed by atoms with Crippen molar-refractivity contribution in [2.24, 2.45) is 0 Å². The second-order valence-corrected chi connectivity index (χ2v) is 11.6. The highest BCUT2D eigenvalue weighted by molar-refractivity contribution is 5.90. The summed E-state index contributed by atoms with van der Waals surface area (Å²) in [5.74, 6) is 2.32. The lowest BCUT2D eigenvalue weighted by Crippen LogP contribution is -2.46. The number of benzene rings is 2. The number of phenols is 1. The lowest BCUT2D eigenvalue weighted by Gasteiger charge is -2.36. The fourth-order valence-electron chi connectivity index (χ4n) is 5.99. The van der Waals surface area contributed by atoms with Gasteiger partial charge in [-0.1, -0.05) is 12.1 Å². The first kappa shape index (κ1) is 29.9. The number of morpholine rings is 2. The van der Waals surface area contributed by atoms with Crippen molar-refractivity contribution in [2.75, 3.05) is 74.8 Å². The normalized spacial score (nSPS) is 19.7. The SMILES string of the molecule is COc1ccc(-c2ccc3c(N4CCOCC4)nc(N4CC(C)OC(C)C4)nc3n2)cc1N(C)CC(O)c1cccc(O)c1. The van der Waals surface area contributed by atoms with Crippen molar-refractivity contribution >= 4 is 28.5 Å². The zero-order valence-corrected chi connectivity index (χ0v) is 25.7. The van der Waals surface area contributed by atoms with Crippen molar-refractivity contribution < 1.29 is 24.4 Å². The van der Waals surface area contributed by atoms with Crippen molar-refractivity contribution in [3.8, 4) is 22.8 Å². The molecule has 0 saturated carbocycles. The Labute approximate surface area is 257 Å². The molecule has 6 rings (SSSR count). The summed E-state index contributed by atoms with van der Waals surface area (Å²) in [5, 5.41) is 21.7. The van der Waals surface area contributed by atoms with Crippen LogP contribution in [0.15, 0.2) is 54.6 Å². The number of phenolic OH excluding ortho intramolecular Hbond substituents is 1. The van der Waals surface area contributed by atoms with Gasteiger partial charge in [-0.05, 0) is 61.9 Å². The molecule has 2 saturated heterocycles. The maximum Gasteiger partial charge on any atom is 0.229 e. The standard InChI is InChI=1S/C33H40N6O5/c1-21-18-39(19-22(2)44-21)33-35-31-26(32(36-33)38-12-14-43-15-13-38)9-10-27(34-31)23-8-11-30(42-4)28(17-23)37(3)20-29(41)24-6-5-7-25(40)16-24/h5-11,16-17,21-22,29,40-41H,12-15,18-20H2,1-4H3. The van der Waals surface area contributed by atoms with Gasteiger partial charge in [0.2, 0.25) is 5.95 Å². The van der Waals surface area contributed by atoms with Gasteiger partial charge in [-0.25, -0.2) is 4.98 Å². The summed E-state index contributed by atoms with van der Waals surface area (Å²) >= 11 is 0. The first-order valence-electron chi connectivity index (χ1n) is 15.1. The van der Waals surface area contributed by atoms with Crippen molar-refractivity contribution in [2.45, 2.75) is 32.2 Å². The number of fused-ring (bicyclic) bond motifs is 1. The van der Waals surface area contributed by atoms with Gasteiger partial charge in [0.15, 0.2) is 5.65 Å². The third-order valence-electron chi connectivity index (χ3n) is 8.13. The van der Waals surface area contributed by atoms with Crippen LogP contribution in [0.2, 0.25) is 0 Å². The van der Waals surface area contributed by atoms with E-state index in [1.807, 2.05) is 36.2 Å². The van der Waals surface area contributed by atoms with Gasteiger partial charge in [0.05, 0.1) is 55.4 Å². The Morgan fingerprint density at radius 1 is 0.977 bits per heavy atom. The molecule has 2 aliphatic heterocycles. The Balaban J connectivity index is 1.36. The number of nitrogens with zero attached hydrogens (tertiary/aromatic N) is 6. The quantitative estimate of drug-likeness (QED) is 0.305. The molecule has 4 heterocycles. The number of likely N-dealkylation sites (N-methyl/N-ethyl adjacent to an activating group) is 1. The van der Waals surface area contributed by atoms with Crippen LogP contribution < -0.4 is 19.4 Å². The van der Waals surface area contributed by atoms with Gasteiger partial charge in [-0.3, -0.25) is 0 Å². The molecule has 2 fully saturated rings. The number of aliphatic hydroxyl groups is 1. The summed E-state index contributed by atoms with van der Waals surface area (Å²) in [6.07, 6.45) is -0.659. The van der Waals surface area contributed by atoms with Crippen LogP contribution in [0.25, 0.3) is 22.3 Å². The van der Waals surface area contributed by atoms with E-state index >= 15 is 0 Å². The largest absolute Gasteiger partial charge is 0.508 e. The van der Waals surface area contributed by atoms with Gasteiger partial charge in [0.25, 0.3) is 0 Å². The fourth-order valence-corrected chi connectivity index (χ4v) is 5.99. The predicted molar refractivity (Wildman–Crippen MR) is 171 cm³/mol. The zero-order chi connectivity index (χ0) is 30.8. The van der Waals surface area contributed by atoms with E-state index in [1.165, 1.54) is 0 Å². The molecule has 0 spiro atoms. The van der Waals surface area contributed by atoms with Crippen LogP contribution in [0.1, 0.15) is 25.5 Å². The Bertz CT molecular complexity index is 1600. The van der Waals surface area contributed by atoms with Crippen LogP contribution in [0, 0.1) is 0 Å². The van der Waals surface area contributed by atoms with Crippen molar-refractivity contribution in [1.29, 1.82) is 0 Å². The number of methoxy groups -OCH3 is 1. The molecule has 11 nitrogen and oxygen atoms in total. The van der Waals surface area contributed by atoms with E-state index in [0.29, 0.717) is 55.8 Å². The van der Waals surface area contributed by atoms with Gasteiger partial charge in [0, 0.05) is 45.3 Å². The molecule has 3 atom stereocenters. The van der Waals surface area contributed by atoms with Crippen LogP contribution in [-0.2, 0) is 9.47 Å². The van der Waals surface area contributed by atoms with E-state index < -0.39 is 6.10 Å². The number of ether oxygens (including phenoxy) is 3. The molecule has 0 amide bonds. The molecule has 0 aliphatic carbocycles. The summed E-state index contributed by atoms with van der Waals surface area (Å²) in [6.45, 7) is 8.68. The number of hydrogen-bond acceptors (Lipinski definition) is 11. The Morgan fingerprint density at radius 2 is 1.75 bits per heavy atom. The van der Waals surface area contributed by atoms with E-state index in [2.05, 4.69) is 29.7 Å².